The van der Waals surface area contributed by atoms with E-state index in [-0.39, 0.29) is 25.1 Å². The van der Waals surface area contributed by atoms with E-state index in [2.05, 4.69) is 5.32 Å². The molecule has 1 aromatic rings. The Morgan fingerprint density at radius 3 is 2.63 bits per heavy atom. The second-order valence-electron chi connectivity index (χ2n) is 4.89. The minimum atomic E-state index is -0.712. The number of anilines is 1. The quantitative estimate of drug-likeness (QED) is 0.872. The second-order valence-corrected chi connectivity index (χ2v) is 4.89. The zero-order chi connectivity index (χ0) is 12.6. The lowest BCUT2D eigenvalue weighted by molar-refractivity contribution is -0.121. The van der Waals surface area contributed by atoms with E-state index in [1.165, 1.54) is 0 Å². The van der Waals surface area contributed by atoms with Crippen LogP contribution >= 0.6 is 12.4 Å². The van der Waals surface area contributed by atoms with Crippen molar-refractivity contribution in [1.82, 2.24) is 0 Å². The van der Waals surface area contributed by atoms with Gasteiger partial charge in [-0.1, -0.05) is 12.8 Å². The van der Waals surface area contributed by atoms with Crippen molar-refractivity contribution in [2.75, 3.05) is 12.1 Å². The van der Waals surface area contributed by atoms with Crippen LogP contribution in [-0.4, -0.2) is 18.2 Å². The number of nitrogens with one attached hydrogen (secondary N) is 1. The molecule has 3 N–H and O–H groups in total. The van der Waals surface area contributed by atoms with Crippen molar-refractivity contribution in [2.24, 2.45) is 5.73 Å². The Morgan fingerprint density at radius 2 is 1.89 bits per heavy atom. The van der Waals surface area contributed by atoms with Crippen molar-refractivity contribution in [2.45, 2.75) is 31.2 Å². The summed E-state index contributed by atoms with van der Waals surface area (Å²) >= 11 is 0. The number of carbonyl (C=O) groups is 1. The third kappa shape index (κ3) is 2.62. The summed E-state index contributed by atoms with van der Waals surface area (Å²) in [5.41, 5.74) is 6.08. The number of ether oxygens (including phenoxy) is 2. The molecule has 1 saturated carbocycles. The molecule has 1 heterocycles. The fourth-order valence-corrected chi connectivity index (χ4v) is 2.46. The molecule has 1 amide bonds. The largest absolute Gasteiger partial charge is 0.454 e. The summed E-state index contributed by atoms with van der Waals surface area (Å²) in [5, 5.41) is 2.85. The Morgan fingerprint density at radius 1 is 1.21 bits per heavy atom. The van der Waals surface area contributed by atoms with Crippen molar-refractivity contribution in [3.63, 3.8) is 0 Å². The normalized spacial score (nSPS) is 18.8. The van der Waals surface area contributed by atoms with E-state index in [4.69, 9.17) is 15.2 Å². The summed E-state index contributed by atoms with van der Waals surface area (Å²) in [4.78, 5) is 12.1. The molecular formula is C13H17ClN2O3. The Kier molecular flexibility index (Phi) is 3.87. The van der Waals surface area contributed by atoms with Crippen LogP contribution in [0.3, 0.4) is 0 Å². The first-order chi connectivity index (χ1) is 8.67. The third-order valence-electron chi connectivity index (χ3n) is 3.58. The van der Waals surface area contributed by atoms with Crippen LogP contribution in [0.5, 0.6) is 11.5 Å². The van der Waals surface area contributed by atoms with Crippen molar-refractivity contribution in [3.8, 4) is 11.5 Å². The topological polar surface area (TPSA) is 73.6 Å². The fourth-order valence-electron chi connectivity index (χ4n) is 2.46. The van der Waals surface area contributed by atoms with Gasteiger partial charge in [-0.05, 0) is 25.0 Å². The van der Waals surface area contributed by atoms with Gasteiger partial charge in [0.2, 0.25) is 12.7 Å². The molecule has 0 aromatic heterocycles. The lowest BCUT2D eigenvalue weighted by atomic mass is 9.98. The minimum absolute atomic E-state index is 0. The molecule has 0 spiro atoms. The number of benzene rings is 1. The highest BCUT2D eigenvalue weighted by atomic mass is 35.5. The van der Waals surface area contributed by atoms with Crippen LogP contribution in [0.1, 0.15) is 25.7 Å². The van der Waals surface area contributed by atoms with Crippen LogP contribution < -0.4 is 20.5 Å². The number of nitrogens with two attached hydrogens (primary N) is 1. The highest BCUT2D eigenvalue weighted by Gasteiger charge is 2.37. The lowest BCUT2D eigenvalue weighted by Crippen LogP contribution is -2.48. The molecule has 0 atom stereocenters. The van der Waals surface area contributed by atoms with Gasteiger partial charge in [0.05, 0.1) is 5.54 Å². The van der Waals surface area contributed by atoms with Gasteiger partial charge in [-0.2, -0.15) is 0 Å². The van der Waals surface area contributed by atoms with Crippen molar-refractivity contribution < 1.29 is 14.3 Å². The minimum Gasteiger partial charge on any atom is -0.454 e. The molecule has 2 aliphatic rings. The van der Waals surface area contributed by atoms with Crippen LogP contribution in [0, 0.1) is 0 Å². The predicted octanol–water partition coefficient (Wildman–Crippen LogP) is 2.05. The van der Waals surface area contributed by atoms with E-state index in [0.29, 0.717) is 17.2 Å². The van der Waals surface area contributed by atoms with Crippen LogP contribution in [0.2, 0.25) is 0 Å². The average Bonchev–Trinajstić information content (AvgIpc) is 2.98. The summed E-state index contributed by atoms with van der Waals surface area (Å²) in [6, 6.07) is 5.35. The first-order valence-corrected chi connectivity index (χ1v) is 6.17. The molecule has 0 bridgehead atoms. The van der Waals surface area contributed by atoms with Crippen LogP contribution in [-0.2, 0) is 4.79 Å². The molecule has 1 aliphatic carbocycles. The smallest absolute Gasteiger partial charge is 0.244 e. The molecule has 6 heteroatoms. The zero-order valence-corrected chi connectivity index (χ0v) is 11.3. The molecule has 3 rings (SSSR count). The Hall–Kier alpha value is -1.46. The molecule has 1 aromatic carbocycles. The van der Waals surface area contributed by atoms with Crippen LogP contribution in [0.25, 0.3) is 0 Å². The fraction of sp³-hybridized carbons (Fsp3) is 0.462. The van der Waals surface area contributed by atoms with Crippen molar-refractivity contribution in [1.29, 1.82) is 0 Å². The van der Waals surface area contributed by atoms with E-state index < -0.39 is 5.54 Å². The number of halogens is 1. The van der Waals surface area contributed by atoms with E-state index in [1.54, 1.807) is 18.2 Å². The van der Waals surface area contributed by atoms with Gasteiger partial charge in [0.25, 0.3) is 0 Å². The number of hydrogen-bond donors (Lipinski definition) is 2. The molecule has 0 unspecified atom stereocenters. The van der Waals surface area contributed by atoms with Gasteiger partial charge in [-0.25, -0.2) is 0 Å². The number of fused-ring (bicyclic) bond motifs is 1. The molecule has 104 valence electrons. The molecule has 1 fully saturated rings. The maximum atomic E-state index is 12.1. The number of amides is 1. The van der Waals surface area contributed by atoms with E-state index >= 15 is 0 Å². The molecule has 19 heavy (non-hydrogen) atoms. The van der Waals surface area contributed by atoms with Gasteiger partial charge >= 0.3 is 0 Å². The van der Waals surface area contributed by atoms with Gasteiger partial charge in [-0.15, -0.1) is 12.4 Å². The molecule has 0 saturated heterocycles. The summed E-state index contributed by atoms with van der Waals surface area (Å²) in [6.45, 7) is 0.230. The maximum absolute atomic E-state index is 12.1. The van der Waals surface area contributed by atoms with E-state index in [1.807, 2.05) is 0 Å². The van der Waals surface area contributed by atoms with Crippen LogP contribution in [0.15, 0.2) is 18.2 Å². The van der Waals surface area contributed by atoms with Gasteiger partial charge in [-0.3, -0.25) is 4.79 Å². The first-order valence-electron chi connectivity index (χ1n) is 6.17. The van der Waals surface area contributed by atoms with Crippen molar-refractivity contribution in [3.05, 3.63) is 18.2 Å². The molecule has 0 radical (unpaired) electrons. The number of carbonyl (C=O) groups excluding carboxylic acids is 1. The molecule has 5 nitrogen and oxygen atoms in total. The Labute approximate surface area is 117 Å². The monoisotopic (exact) mass is 284 g/mol. The van der Waals surface area contributed by atoms with Crippen LogP contribution in [0.4, 0.5) is 5.69 Å². The summed E-state index contributed by atoms with van der Waals surface area (Å²) < 4.78 is 10.5. The maximum Gasteiger partial charge on any atom is 0.244 e. The van der Waals surface area contributed by atoms with Gasteiger partial charge in [0.1, 0.15) is 0 Å². The van der Waals surface area contributed by atoms with Crippen molar-refractivity contribution >= 4 is 24.0 Å². The zero-order valence-electron chi connectivity index (χ0n) is 10.5. The van der Waals surface area contributed by atoms with E-state index in [0.717, 1.165) is 25.7 Å². The average molecular weight is 285 g/mol. The second kappa shape index (κ2) is 5.27. The summed E-state index contributed by atoms with van der Waals surface area (Å²) in [7, 11) is 0. The highest BCUT2D eigenvalue weighted by Crippen LogP contribution is 2.35. The standard InChI is InChI=1S/C13H16N2O3.ClH/c14-13(5-1-2-6-13)12(16)15-9-3-4-10-11(7-9)18-8-17-10;/h3-4,7H,1-2,5-6,8,14H2,(H,15,16);1H. The highest BCUT2D eigenvalue weighted by molar-refractivity contribution is 5.98. The summed E-state index contributed by atoms with van der Waals surface area (Å²) in [5.74, 6) is 1.25. The lowest BCUT2D eigenvalue weighted by Gasteiger charge is -2.22. The molecule has 1 aliphatic heterocycles. The Balaban J connectivity index is 0.00000133. The van der Waals surface area contributed by atoms with E-state index in [9.17, 15) is 4.79 Å². The van der Waals surface area contributed by atoms with Gasteiger partial charge in [0.15, 0.2) is 11.5 Å². The first kappa shape index (κ1) is 14.0. The molecular weight excluding hydrogens is 268 g/mol. The summed E-state index contributed by atoms with van der Waals surface area (Å²) in [6.07, 6.45) is 3.54. The predicted molar refractivity (Wildman–Crippen MR) is 73.8 cm³/mol. The van der Waals surface area contributed by atoms with Gasteiger partial charge in [0, 0.05) is 11.8 Å². The third-order valence-corrected chi connectivity index (χ3v) is 3.58. The Bertz CT molecular complexity index is 487. The number of rotatable bonds is 2. The van der Waals surface area contributed by atoms with Gasteiger partial charge < -0.3 is 20.5 Å². The SMILES string of the molecule is Cl.NC1(C(=O)Nc2ccc3c(c2)OCO3)CCCC1. The number of hydrogen-bond acceptors (Lipinski definition) is 4.